The fourth-order valence-electron chi connectivity index (χ4n) is 3.45. The molecule has 2 aromatic carbocycles. The molecule has 2 aromatic rings. The van der Waals surface area contributed by atoms with E-state index in [4.69, 9.17) is 4.74 Å². The van der Waals surface area contributed by atoms with Crippen molar-refractivity contribution in [3.05, 3.63) is 76.9 Å². The zero-order chi connectivity index (χ0) is 15.6. The summed E-state index contributed by atoms with van der Waals surface area (Å²) in [7, 11) is 0. The molecule has 3 nitrogen and oxygen atoms in total. The van der Waals surface area contributed by atoms with Crippen LogP contribution in [0.3, 0.4) is 0 Å². The maximum atomic E-state index is 12.9. The van der Waals surface area contributed by atoms with Gasteiger partial charge in [-0.2, -0.15) is 0 Å². The van der Waals surface area contributed by atoms with E-state index < -0.39 is 0 Å². The molecule has 0 spiro atoms. The van der Waals surface area contributed by atoms with Crippen LogP contribution in [0.5, 0.6) is 0 Å². The average Bonchev–Trinajstić information content (AvgIpc) is 2.94. The lowest BCUT2D eigenvalue weighted by Crippen LogP contribution is -2.36. The molecule has 116 valence electrons. The molecule has 4 rings (SSSR count). The molecular formula is C20H19NO2. The van der Waals surface area contributed by atoms with Crippen molar-refractivity contribution >= 4 is 11.5 Å². The lowest BCUT2D eigenvalue weighted by Gasteiger charge is -2.32. The summed E-state index contributed by atoms with van der Waals surface area (Å²) in [5, 5.41) is 0. The SMILES string of the molecule is O=C1/C(=C(/c2ccccc2)N2CCOCC2)Cc2ccccc21. The van der Waals surface area contributed by atoms with Gasteiger partial charge in [0.25, 0.3) is 0 Å². The summed E-state index contributed by atoms with van der Waals surface area (Å²) in [4.78, 5) is 15.2. The molecule has 1 heterocycles. The van der Waals surface area contributed by atoms with Crippen LogP contribution in [0, 0.1) is 0 Å². The van der Waals surface area contributed by atoms with E-state index in [1.54, 1.807) is 0 Å². The molecule has 0 amide bonds. The first-order chi connectivity index (χ1) is 11.3. The zero-order valence-corrected chi connectivity index (χ0v) is 13.0. The Kier molecular flexibility index (Phi) is 3.72. The molecule has 2 aliphatic rings. The number of nitrogens with zero attached hydrogens (tertiary/aromatic N) is 1. The quantitative estimate of drug-likeness (QED) is 0.798. The van der Waals surface area contributed by atoms with Crippen molar-refractivity contribution in [1.82, 2.24) is 4.90 Å². The second kappa shape index (κ2) is 6.01. The van der Waals surface area contributed by atoms with Crippen LogP contribution in [0.15, 0.2) is 60.2 Å². The van der Waals surface area contributed by atoms with Crippen LogP contribution in [-0.4, -0.2) is 37.0 Å². The third-order valence-corrected chi connectivity index (χ3v) is 4.56. The van der Waals surface area contributed by atoms with Crippen LogP contribution >= 0.6 is 0 Å². The van der Waals surface area contributed by atoms with Gasteiger partial charge in [0.1, 0.15) is 0 Å². The van der Waals surface area contributed by atoms with E-state index in [1.165, 1.54) is 0 Å². The first kappa shape index (κ1) is 14.2. The predicted molar refractivity (Wildman–Crippen MR) is 90.2 cm³/mol. The first-order valence-corrected chi connectivity index (χ1v) is 8.08. The predicted octanol–water partition coefficient (Wildman–Crippen LogP) is 3.17. The lowest BCUT2D eigenvalue weighted by atomic mass is 10.0. The van der Waals surface area contributed by atoms with Gasteiger partial charge in [0.2, 0.25) is 0 Å². The zero-order valence-electron chi connectivity index (χ0n) is 13.0. The Morgan fingerprint density at radius 1 is 0.913 bits per heavy atom. The van der Waals surface area contributed by atoms with Gasteiger partial charge >= 0.3 is 0 Å². The Morgan fingerprint density at radius 3 is 2.35 bits per heavy atom. The van der Waals surface area contributed by atoms with Gasteiger partial charge in [-0.05, 0) is 11.1 Å². The molecule has 1 fully saturated rings. The molecule has 0 bridgehead atoms. The lowest BCUT2D eigenvalue weighted by molar-refractivity contribution is 0.0634. The number of hydrogen-bond donors (Lipinski definition) is 0. The minimum atomic E-state index is 0.172. The summed E-state index contributed by atoms with van der Waals surface area (Å²) in [5.41, 5.74) is 5.10. The monoisotopic (exact) mass is 305 g/mol. The summed E-state index contributed by atoms with van der Waals surface area (Å²) in [6, 6.07) is 18.2. The maximum absolute atomic E-state index is 12.9. The van der Waals surface area contributed by atoms with Gasteiger partial charge in [-0.25, -0.2) is 0 Å². The van der Waals surface area contributed by atoms with Crippen LogP contribution in [0.1, 0.15) is 21.5 Å². The Morgan fingerprint density at radius 2 is 1.61 bits per heavy atom. The van der Waals surface area contributed by atoms with Crippen molar-refractivity contribution in [2.45, 2.75) is 6.42 Å². The normalized spacial score (nSPS) is 19.7. The number of morpholine rings is 1. The highest BCUT2D eigenvalue weighted by Gasteiger charge is 2.30. The molecule has 0 unspecified atom stereocenters. The number of allylic oxidation sites excluding steroid dienone is 1. The van der Waals surface area contributed by atoms with Gasteiger partial charge < -0.3 is 9.64 Å². The summed E-state index contributed by atoms with van der Waals surface area (Å²) < 4.78 is 5.49. The third-order valence-electron chi connectivity index (χ3n) is 4.56. The van der Waals surface area contributed by atoms with Crippen LogP contribution in [-0.2, 0) is 11.2 Å². The van der Waals surface area contributed by atoms with Crippen LogP contribution in [0.25, 0.3) is 5.70 Å². The molecule has 0 saturated carbocycles. The van der Waals surface area contributed by atoms with E-state index in [-0.39, 0.29) is 5.78 Å². The molecule has 1 saturated heterocycles. The van der Waals surface area contributed by atoms with Gasteiger partial charge in [0.05, 0.1) is 18.9 Å². The van der Waals surface area contributed by atoms with E-state index >= 15 is 0 Å². The van der Waals surface area contributed by atoms with Crippen molar-refractivity contribution in [2.75, 3.05) is 26.3 Å². The number of ether oxygens (including phenoxy) is 1. The molecule has 0 N–H and O–H groups in total. The van der Waals surface area contributed by atoms with E-state index in [1.807, 2.05) is 36.4 Å². The highest BCUT2D eigenvalue weighted by atomic mass is 16.5. The number of ketones is 1. The number of carbonyl (C=O) groups is 1. The second-order valence-electron chi connectivity index (χ2n) is 5.96. The van der Waals surface area contributed by atoms with Gasteiger partial charge in [-0.1, -0.05) is 54.6 Å². The van der Waals surface area contributed by atoms with E-state index in [2.05, 4.69) is 23.1 Å². The van der Waals surface area contributed by atoms with Gasteiger partial charge in [-0.3, -0.25) is 4.79 Å². The van der Waals surface area contributed by atoms with Crippen molar-refractivity contribution in [3.8, 4) is 0 Å². The van der Waals surface area contributed by atoms with E-state index in [9.17, 15) is 4.79 Å². The van der Waals surface area contributed by atoms with Crippen LogP contribution < -0.4 is 0 Å². The summed E-state index contributed by atoms with van der Waals surface area (Å²) in [5.74, 6) is 0.172. The Labute approximate surface area is 136 Å². The molecular weight excluding hydrogens is 286 g/mol. The summed E-state index contributed by atoms with van der Waals surface area (Å²) >= 11 is 0. The van der Waals surface area contributed by atoms with Crippen LogP contribution in [0.2, 0.25) is 0 Å². The fourth-order valence-corrected chi connectivity index (χ4v) is 3.45. The smallest absolute Gasteiger partial charge is 0.191 e. The van der Waals surface area contributed by atoms with E-state index in [0.29, 0.717) is 13.2 Å². The number of carbonyl (C=O) groups excluding carboxylic acids is 1. The number of Topliss-reactive ketones (excluding diaryl/α,β-unsaturated/α-hetero) is 1. The second-order valence-corrected chi connectivity index (χ2v) is 5.96. The molecule has 0 radical (unpaired) electrons. The average molecular weight is 305 g/mol. The van der Waals surface area contributed by atoms with Crippen molar-refractivity contribution in [2.24, 2.45) is 0 Å². The van der Waals surface area contributed by atoms with E-state index in [0.717, 1.165) is 47.5 Å². The van der Waals surface area contributed by atoms with Crippen LogP contribution in [0.4, 0.5) is 0 Å². The molecule has 1 aliphatic heterocycles. The topological polar surface area (TPSA) is 29.5 Å². The highest BCUT2D eigenvalue weighted by Crippen LogP contribution is 2.34. The molecule has 23 heavy (non-hydrogen) atoms. The highest BCUT2D eigenvalue weighted by molar-refractivity contribution is 6.17. The molecule has 1 aliphatic carbocycles. The molecule has 0 atom stereocenters. The first-order valence-electron chi connectivity index (χ1n) is 8.08. The Bertz CT molecular complexity index is 758. The molecule has 0 aromatic heterocycles. The van der Waals surface area contributed by atoms with Gasteiger partial charge in [0, 0.05) is 30.6 Å². The standard InChI is InChI=1S/C20H19NO2/c22-20-17-9-5-4-8-16(17)14-18(20)19(15-6-2-1-3-7-15)21-10-12-23-13-11-21/h1-9H,10-14H2/b19-18-. The number of rotatable bonds is 2. The Balaban J connectivity index is 1.84. The van der Waals surface area contributed by atoms with Crippen molar-refractivity contribution < 1.29 is 9.53 Å². The van der Waals surface area contributed by atoms with Crippen molar-refractivity contribution in [1.29, 1.82) is 0 Å². The fraction of sp³-hybridized carbons (Fsp3) is 0.250. The number of hydrogen-bond acceptors (Lipinski definition) is 3. The largest absolute Gasteiger partial charge is 0.378 e. The third kappa shape index (κ3) is 2.57. The minimum absolute atomic E-state index is 0.172. The van der Waals surface area contributed by atoms with Crippen molar-refractivity contribution in [3.63, 3.8) is 0 Å². The van der Waals surface area contributed by atoms with Gasteiger partial charge in [-0.15, -0.1) is 0 Å². The molecule has 3 heteroatoms. The summed E-state index contributed by atoms with van der Waals surface area (Å²) in [6.45, 7) is 3.09. The number of benzene rings is 2. The Hall–Kier alpha value is -2.39. The maximum Gasteiger partial charge on any atom is 0.191 e. The number of fused-ring (bicyclic) bond motifs is 1. The minimum Gasteiger partial charge on any atom is -0.378 e. The van der Waals surface area contributed by atoms with Gasteiger partial charge in [0.15, 0.2) is 5.78 Å². The summed E-state index contributed by atoms with van der Waals surface area (Å²) in [6.07, 6.45) is 0.719.